The summed E-state index contributed by atoms with van der Waals surface area (Å²) < 4.78 is 5.13. The molecule has 1 aliphatic heterocycles. The zero-order valence-corrected chi connectivity index (χ0v) is 14.9. The van der Waals surface area contributed by atoms with Crippen LogP contribution in [0.4, 0.5) is 0 Å². The average Bonchev–Trinajstić information content (AvgIpc) is 3.00. The lowest BCUT2D eigenvalue weighted by Gasteiger charge is -2.23. The predicted octanol–water partition coefficient (Wildman–Crippen LogP) is 0.638. The van der Waals surface area contributed by atoms with E-state index < -0.39 is 5.92 Å². The Balaban J connectivity index is 1.98. The van der Waals surface area contributed by atoms with Crippen molar-refractivity contribution >= 4 is 17.7 Å². The molecule has 3 amide bonds. The lowest BCUT2D eigenvalue weighted by Crippen LogP contribution is -2.43. The quantitative estimate of drug-likeness (QED) is 0.785. The van der Waals surface area contributed by atoms with Crippen LogP contribution in [0, 0.1) is 5.92 Å². The maximum absolute atomic E-state index is 12.6. The first-order valence-electron chi connectivity index (χ1n) is 8.38. The van der Waals surface area contributed by atoms with Crippen molar-refractivity contribution in [3.05, 3.63) is 29.8 Å². The molecule has 1 saturated heterocycles. The Kier molecular flexibility index (Phi) is 6.38. The Morgan fingerprint density at radius 3 is 2.56 bits per heavy atom. The molecular weight excluding hydrogens is 322 g/mol. The van der Waals surface area contributed by atoms with Gasteiger partial charge in [-0.05, 0) is 24.6 Å². The molecular formula is C18H25N3O4. The van der Waals surface area contributed by atoms with Gasteiger partial charge in [-0.25, -0.2) is 0 Å². The van der Waals surface area contributed by atoms with Crippen molar-refractivity contribution in [3.8, 4) is 5.75 Å². The van der Waals surface area contributed by atoms with Gasteiger partial charge in [-0.3, -0.25) is 14.4 Å². The second-order valence-electron chi connectivity index (χ2n) is 6.05. The summed E-state index contributed by atoms with van der Waals surface area (Å²) in [5, 5.41) is 2.51. The summed E-state index contributed by atoms with van der Waals surface area (Å²) in [5.74, 6) is -0.0239. The van der Waals surface area contributed by atoms with Crippen molar-refractivity contribution in [2.24, 2.45) is 5.92 Å². The first kappa shape index (κ1) is 18.8. The van der Waals surface area contributed by atoms with Gasteiger partial charge in [0.05, 0.1) is 19.6 Å². The summed E-state index contributed by atoms with van der Waals surface area (Å²) >= 11 is 0. The Morgan fingerprint density at radius 2 is 2.00 bits per heavy atom. The first-order valence-corrected chi connectivity index (χ1v) is 8.38. The number of nitrogens with zero attached hydrogens (tertiary/aromatic N) is 2. The number of carbonyl (C=O) groups is 3. The topological polar surface area (TPSA) is 79.0 Å². The van der Waals surface area contributed by atoms with Gasteiger partial charge < -0.3 is 19.9 Å². The summed E-state index contributed by atoms with van der Waals surface area (Å²) in [6.07, 6.45) is 0.194. The van der Waals surface area contributed by atoms with Gasteiger partial charge in [0.2, 0.25) is 17.7 Å². The molecule has 1 aromatic carbocycles. The van der Waals surface area contributed by atoms with Gasteiger partial charge in [-0.1, -0.05) is 12.1 Å². The first-order chi connectivity index (χ1) is 12.0. The molecule has 0 radical (unpaired) electrons. The molecule has 25 heavy (non-hydrogen) atoms. The van der Waals surface area contributed by atoms with Crippen LogP contribution in [0.15, 0.2) is 24.3 Å². The Labute approximate surface area is 147 Å². The highest BCUT2D eigenvalue weighted by molar-refractivity contribution is 5.91. The summed E-state index contributed by atoms with van der Waals surface area (Å²) in [5.41, 5.74) is 0.986. The molecule has 0 saturated carbocycles. The number of rotatable bonds is 7. The van der Waals surface area contributed by atoms with Crippen LogP contribution in [0.3, 0.4) is 0 Å². The summed E-state index contributed by atoms with van der Waals surface area (Å²) in [7, 11) is 3.14. The van der Waals surface area contributed by atoms with E-state index in [9.17, 15) is 14.4 Å². The average molecular weight is 347 g/mol. The molecule has 2 rings (SSSR count). The lowest BCUT2D eigenvalue weighted by atomic mass is 10.1. The van der Waals surface area contributed by atoms with Crippen LogP contribution in [0.1, 0.15) is 18.9 Å². The largest absolute Gasteiger partial charge is 0.497 e. The van der Waals surface area contributed by atoms with Crippen molar-refractivity contribution in [2.45, 2.75) is 19.9 Å². The van der Waals surface area contributed by atoms with Gasteiger partial charge in [0.15, 0.2) is 0 Å². The van der Waals surface area contributed by atoms with Crippen molar-refractivity contribution < 1.29 is 19.1 Å². The molecule has 0 bridgehead atoms. The third kappa shape index (κ3) is 4.71. The number of likely N-dealkylation sites (tertiary alicyclic amines) is 1. The van der Waals surface area contributed by atoms with E-state index in [0.29, 0.717) is 19.6 Å². The van der Waals surface area contributed by atoms with Crippen LogP contribution in [0.25, 0.3) is 0 Å². The monoisotopic (exact) mass is 347 g/mol. The zero-order valence-electron chi connectivity index (χ0n) is 14.9. The standard InChI is InChI=1S/C18H25N3O4/c1-4-20(12-16(22)19-2)18(24)14-9-17(23)21(11-14)10-13-5-7-15(25-3)8-6-13/h5-8,14H,4,9-12H2,1-3H3,(H,19,22)/t14-/m0/s1. The number of likely N-dealkylation sites (N-methyl/N-ethyl adjacent to an activating group) is 2. The number of carbonyl (C=O) groups excluding carboxylic acids is 3. The van der Waals surface area contributed by atoms with E-state index in [2.05, 4.69) is 5.32 Å². The Morgan fingerprint density at radius 1 is 1.32 bits per heavy atom. The minimum atomic E-state index is -0.393. The number of ether oxygens (including phenoxy) is 1. The summed E-state index contributed by atoms with van der Waals surface area (Å²) in [6, 6.07) is 7.51. The maximum atomic E-state index is 12.6. The van der Waals surface area contributed by atoms with Gasteiger partial charge in [0.1, 0.15) is 5.75 Å². The van der Waals surface area contributed by atoms with Crippen molar-refractivity contribution in [1.82, 2.24) is 15.1 Å². The number of hydrogen-bond donors (Lipinski definition) is 1. The molecule has 1 aromatic rings. The number of benzene rings is 1. The number of amides is 3. The van der Waals surface area contributed by atoms with Crippen LogP contribution in [-0.4, -0.2) is 61.3 Å². The van der Waals surface area contributed by atoms with E-state index in [1.807, 2.05) is 31.2 Å². The van der Waals surface area contributed by atoms with E-state index in [1.54, 1.807) is 12.0 Å². The highest BCUT2D eigenvalue weighted by atomic mass is 16.5. The van der Waals surface area contributed by atoms with E-state index in [0.717, 1.165) is 11.3 Å². The molecule has 1 N–H and O–H groups in total. The smallest absolute Gasteiger partial charge is 0.239 e. The fourth-order valence-electron chi connectivity index (χ4n) is 2.90. The summed E-state index contributed by atoms with van der Waals surface area (Å²) in [4.78, 5) is 39.6. The highest BCUT2D eigenvalue weighted by Gasteiger charge is 2.36. The lowest BCUT2D eigenvalue weighted by molar-refractivity contribution is -0.139. The number of methoxy groups -OCH3 is 1. The minimum Gasteiger partial charge on any atom is -0.497 e. The van der Waals surface area contributed by atoms with Crippen LogP contribution in [-0.2, 0) is 20.9 Å². The third-order valence-electron chi connectivity index (χ3n) is 4.40. The van der Waals surface area contributed by atoms with Crippen molar-refractivity contribution in [2.75, 3.05) is 33.8 Å². The summed E-state index contributed by atoms with van der Waals surface area (Å²) in [6.45, 7) is 3.14. The molecule has 7 heteroatoms. The fraction of sp³-hybridized carbons (Fsp3) is 0.500. The molecule has 1 fully saturated rings. The maximum Gasteiger partial charge on any atom is 0.239 e. The molecule has 0 spiro atoms. The number of hydrogen-bond acceptors (Lipinski definition) is 4. The predicted molar refractivity (Wildman–Crippen MR) is 92.8 cm³/mol. The normalized spacial score (nSPS) is 16.7. The highest BCUT2D eigenvalue weighted by Crippen LogP contribution is 2.23. The second kappa shape index (κ2) is 8.50. The van der Waals surface area contributed by atoms with Crippen molar-refractivity contribution in [1.29, 1.82) is 0 Å². The molecule has 1 heterocycles. The van der Waals surface area contributed by atoms with E-state index in [4.69, 9.17) is 4.74 Å². The zero-order chi connectivity index (χ0) is 18.4. The van der Waals surface area contributed by atoms with E-state index in [1.165, 1.54) is 11.9 Å². The minimum absolute atomic E-state index is 0.0228. The van der Waals surface area contributed by atoms with Gasteiger partial charge in [-0.2, -0.15) is 0 Å². The molecule has 0 aromatic heterocycles. The third-order valence-corrected chi connectivity index (χ3v) is 4.40. The van der Waals surface area contributed by atoms with Crippen LogP contribution >= 0.6 is 0 Å². The Hall–Kier alpha value is -2.57. The van der Waals surface area contributed by atoms with E-state index in [-0.39, 0.29) is 30.7 Å². The van der Waals surface area contributed by atoms with Crippen LogP contribution in [0.5, 0.6) is 5.75 Å². The second-order valence-corrected chi connectivity index (χ2v) is 6.05. The molecule has 0 aliphatic carbocycles. The van der Waals surface area contributed by atoms with Crippen LogP contribution < -0.4 is 10.1 Å². The fourth-order valence-corrected chi connectivity index (χ4v) is 2.90. The van der Waals surface area contributed by atoms with Crippen LogP contribution in [0.2, 0.25) is 0 Å². The van der Waals surface area contributed by atoms with Gasteiger partial charge >= 0.3 is 0 Å². The SMILES string of the molecule is CCN(CC(=O)NC)C(=O)[C@H]1CC(=O)N(Cc2ccc(OC)cc2)C1. The molecule has 136 valence electrons. The van der Waals surface area contributed by atoms with Gasteiger partial charge in [0.25, 0.3) is 0 Å². The molecule has 0 unspecified atom stereocenters. The molecule has 1 aliphatic rings. The van der Waals surface area contributed by atoms with Gasteiger partial charge in [0, 0.05) is 33.1 Å². The van der Waals surface area contributed by atoms with Crippen molar-refractivity contribution in [3.63, 3.8) is 0 Å². The van der Waals surface area contributed by atoms with E-state index >= 15 is 0 Å². The number of nitrogens with one attached hydrogen (secondary N) is 1. The molecule has 1 atom stereocenters. The Bertz CT molecular complexity index is 630. The molecule has 7 nitrogen and oxygen atoms in total. The van der Waals surface area contributed by atoms with Gasteiger partial charge in [-0.15, -0.1) is 0 Å².